The van der Waals surface area contributed by atoms with Crippen LogP contribution < -0.4 is 0 Å². The van der Waals surface area contributed by atoms with Crippen LogP contribution in [-0.2, 0) is 0 Å². The highest BCUT2D eigenvalue weighted by molar-refractivity contribution is 5.22. The molecule has 0 aromatic heterocycles. The van der Waals surface area contributed by atoms with E-state index in [1.54, 1.807) is 0 Å². The lowest BCUT2D eigenvalue weighted by atomic mass is 9.98. The second kappa shape index (κ2) is 7.06. The first-order chi connectivity index (χ1) is 9.74. The van der Waals surface area contributed by atoms with Crippen molar-refractivity contribution >= 4 is 0 Å². The second-order valence-corrected chi connectivity index (χ2v) is 5.20. The lowest BCUT2D eigenvalue weighted by Crippen LogP contribution is -2.27. The zero-order valence-electron chi connectivity index (χ0n) is 12.4. The summed E-state index contributed by atoms with van der Waals surface area (Å²) in [6, 6.07) is 22.1. The molecule has 0 aliphatic carbocycles. The minimum absolute atomic E-state index is 0.365. The average molecular weight is 265 g/mol. The van der Waals surface area contributed by atoms with Crippen molar-refractivity contribution in [3.8, 4) is 0 Å². The second-order valence-electron chi connectivity index (χ2n) is 5.20. The van der Waals surface area contributed by atoms with E-state index in [1.165, 1.54) is 11.1 Å². The average Bonchev–Trinajstić information content (AvgIpc) is 2.53. The van der Waals surface area contributed by atoms with E-state index >= 15 is 0 Å². The molecule has 2 rings (SSSR count). The Balaban J connectivity index is 2.23. The molecule has 2 unspecified atom stereocenters. The summed E-state index contributed by atoms with van der Waals surface area (Å²) in [6.07, 6.45) is 2.96. The van der Waals surface area contributed by atoms with Crippen LogP contribution >= 0.6 is 0 Å². The van der Waals surface area contributed by atoms with E-state index < -0.39 is 0 Å². The molecule has 0 heterocycles. The molecule has 2 aromatic rings. The van der Waals surface area contributed by atoms with Crippen LogP contribution in [0.1, 0.15) is 36.6 Å². The van der Waals surface area contributed by atoms with Crippen LogP contribution in [0.3, 0.4) is 0 Å². The van der Waals surface area contributed by atoms with Gasteiger partial charge in [0, 0.05) is 12.1 Å². The number of rotatable bonds is 6. The molecule has 2 atom stereocenters. The van der Waals surface area contributed by atoms with Gasteiger partial charge in [-0.2, -0.15) is 0 Å². The summed E-state index contributed by atoms with van der Waals surface area (Å²) in [4.78, 5) is 2.42. The van der Waals surface area contributed by atoms with Gasteiger partial charge >= 0.3 is 0 Å². The molecule has 20 heavy (non-hydrogen) atoms. The summed E-state index contributed by atoms with van der Waals surface area (Å²) in [6.45, 7) is 6.17. The maximum atomic E-state index is 3.91. The topological polar surface area (TPSA) is 3.24 Å². The number of hydrogen-bond donors (Lipinski definition) is 0. The number of hydrogen-bond acceptors (Lipinski definition) is 1. The molecule has 0 radical (unpaired) electrons. The Morgan fingerprint density at radius 2 is 1.45 bits per heavy atom. The van der Waals surface area contributed by atoms with Crippen LogP contribution in [0.15, 0.2) is 73.3 Å². The molecule has 104 valence electrons. The smallest absolute Gasteiger partial charge is 0.0385 e. The van der Waals surface area contributed by atoms with E-state index in [4.69, 9.17) is 0 Å². The lowest BCUT2D eigenvalue weighted by molar-refractivity contribution is 0.186. The molecule has 2 aromatic carbocycles. The highest BCUT2D eigenvalue weighted by Gasteiger charge is 2.21. The van der Waals surface area contributed by atoms with Gasteiger partial charge in [0.1, 0.15) is 0 Å². The van der Waals surface area contributed by atoms with Gasteiger partial charge in [-0.25, -0.2) is 0 Å². The van der Waals surface area contributed by atoms with Crippen LogP contribution in [0, 0.1) is 0 Å². The summed E-state index contributed by atoms with van der Waals surface area (Å²) in [5, 5.41) is 0. The Kier molecular flexibility index (Phi) is 5.14. The van der Waals surface area contributed by atoms with Crippen LogP contribution in [0.2, 0.25) is 0 Å². The van der Waals surface area contributed by atoms with E-state index in [0.29, 0.717) is 12.1 Å². The van der Waals surface area contributed by atoms with Crippen LogP contribution in [0.4, 0.5) is 0 Å². The molecule has 0 spiro atoms. The van der Waals surface area contributed by atoms with Crippen molar-refractivity contribution in [1.29, 1.82) is 0 Å². The Hall–Kier alpha value is -1.86. The fourth-order valence-electron chi connectivity index (χ4n) is 2.61. The lowest BCUT2D eigenvalue weighted by Gasteiger charge is -2.33. The van der Waals surface area contributed by atoms with Gasteiger partial charge in [0.05, 0.1) is 0 Å². The predicted octanol–water partition coefficient (Wildman–Crippen LogP) is 5.00. The van der Waals surface area contributed by atoms with Gasteiger partial charge in [-0.05, 0) is 31.5 Å². The maximum Gasteiger partial charge on any atom is 0.0385 e. The maximum absolute atomic E-state index is 3.91. The molecule has 0 aliphatic rings. The molecule has 0 N–H and O–H groups in total. The monoisotopic (exact) mass is 265 g/mol. The van der Waals surface area contributed by atoms with Gasteiger partial charge in [0.2, 0.25) is 0 Å². The van der Waals surface area contributed by atoms with Crippen molar-refractivity contribution in [1.82, 2.24) is 4.90 Å². The molecule has 0 bridgehead atoms. The van der Waals surface area contributed by atoms with Crippen LogP contribution in [0.25, 0.3) is 0 Å². The van der Waals surface area contributed by atoms with E-state index in [2.05, 4.69) is 86.1 Å². The molecule has 0 saturated heterocycles. The number of nitrogens with zero attached hydrogens (tertiary/aromatic N) is 1. The fraction of sp³-hybridized carbons (Fsp3) is 0.263. The van der Waals surface area contributed by atoms with Crippen LogP contribution in [-0.4, -0.2) is 11.9 Å². The number of benzene rings is 2. The minimum atomic E-state index is 0.365. The summed E-state index contributed by atoms with van der Waals surface area (Å²) >= 11 is 0. The first kappa shape index (κ1) is 14.5. The normalized spacial score (nSPS) is 13.9. The van der Waals surface area contributed by atoms with Gasteiger partial charge in [0.15, 0.2) is 0 Å². The van der Waals surface area contributed by atoms with E-state index in [1.807, 2.05) is 6.08 Å². The van der Waals surface area contributed by atoms with Gasteiger partial charge < -0.3 is 0 Å². The van der Waals surface area contributed by atoms with Crippen molar-refractivity contribution in [2.75, 3.05) is 7.05 Å². The standard InChI is InChI=1S/C19H23N/c1-4-11-19(18-14-9-6-10-15-18)20(3)16(2)17-12-7-5-8-13-17/h4-10,12-16,19H,1,11H2,2-3H3. The zero-order valence-corrected chi connectivity index (χ0v) is 12.4. The highest BCUT2D eigenvalue weighted by Crippen LogP contribution is 2.31. The fourth-order valence-corrected chi connectivity index (χ4v) is 2.61. The Morgan fingerprint density at radius 3 is 1.95 bits per heavy atom. The molecule has 1 heteroatoms. The first-order valence-corrected chi connectivity index (χ1v) is 7.16. The van der Waals surface area contributed by atoms with E-state index in [9.17, 15) is 0 Å². The molecular formula is C19H23N. The van der Waals surface area contributed by atoms with Crippen LogP contribution in [0.5, 0.6) is 0 Å². The molecule has 0 fully saturated rings. The molecular weight excluding hydrogens is 242 g/mol. The first-order valence-electron chi connectivity index (χ1n) is 7.16. The summed E-state index contributed by atoms with van der Waals surface area (Å²) in [5.74, 6) is 0. The zero-order chi connectivity index (χ0) is 14.4. The van der Waals surface area contributed by atoms with Gasteiger partial charge in [-0.15, -0.1) is 6.58 Å². The molecule has 0 amide bonds. The third kappa shape index (κ3) is 3.37. The Morgan fingerprint density at radius 1 is 0.950 bits per heavy atom. The molecule has 0 aliphatic heterocycles. The van der Waals surface area contributed by atoms with Gasteiger partial charge in [-0.3, -0.25) is 4.90 Å². The third-order valence-electron chi connectivity index (χ3n) is 3.96. The summed E-state index contributed by atoms with van der Waals surface area (Å²) < 4.78 is 0. The molecule has 1 nitrogen and oxygen atoms in total. The predicted molar refractivity (Wildman–Crippen MR) is 86.6 cm³/mol. The molecule has 0 saturated carbocycles. The van der Waals surface area contributed by atoms with E-state index in [-0.39, 0.29) is 0 Å². The van der Waals surface area contributed by atoms with Crippen molar-refractivity contribution in [3.05, 3.63) is 84.4 Å². The Labute approximate surface area is 122 Å². The van der Waals surface area contributed by atoms with Crippen molar-refractivity contribution in [3.63, 3.8) is 0 Å². The Bertz CT molecular complexity index is 518. The minimum Gasteiger partial charge on any atom is -0.292 e. The quantitative estimate of drug-likeness (QED) is 0.665. The van der Waals surface area contributed by atoms with Crippen molar-refractivity contribution in [2.24, 2.45) is 0 Å². The van der Waals surface area contributed by atoms with Gasteiger partial charge in [-0.1, -0.05) is 66.7 Å². The SMILES string of the molecule is C=CCC(c1ccccc1)N(C)C(C)c1ccccc1. The van der Waals surface area contributed by atoms with Gasteiger partial charge in [0.25, 0.3) is 0 Å². The van der Waals surface area contributed by atoms with Crippen molar-refractivity contribution in [2.45, 2.75) is 25.4 Å². The van der Waals surface area contributed by atoms with E-state index in [0.717, 1.165) is 6.42 Å². The third-order valence-corrected chi connectivity index (χ3v) is 3.96. The van der Waals surface area contributed by atoms with Crippen molar-refractivity contribution < 1.29 is 0 Å². The summed E-state index contributed by atoms with van der Waals surface area (Å²) in [7, 11) is 2.19. The highest BCUT2D eigenvalue weighted by atomic mass is 15.2. The largest absolute Gasteiger partial charge is 0.292 e. The summed E-state index contributed by atoms with van der Waals surface area (Å²) in [5.41, 5.74) is 2.69.